The maximum atomic E-state index is 13.2. The van der Waals surface area contributed by atoms with Crippen LogP contribution in [-0.4, -0.2) is 33.6 Å². The van der Waals surface area contributed by atoms with Crippen LogP contribution in [0.4, 0.5) is 19.1 Å². The van der Waals surface area contributed by atoms with Crippen LogP contribution in [-0.2, 0) is 0 Å². The molecule has 6 nitrogen and oxygen atoms in total. The first-order chi connectivity index (χ1) is 10.9. The van der Waals surface area contributed by atoms with E-state index in [-0.39, 0.29) is 11.1 Å². The van der Waals surface area contributed by atoms with E-state index in [9.17, 15) is 18.0 Å². The normalized spacial score (nSPS) is 12.5. The Morgan fingerprint density at radius 2 is 1.96 bits per heavy atom. The number of aromatic nitrogens is 3. The molecule has 2 N–H and O–H groups in total. The Bertz CT molecular complexity index is 646. The fourth-order valence-corrected chi connectivity index (χ4v) is 1.81. The van der Waals surface area contributed by atoms with Crippen molar-refractivity contribution < 1.29 is 18.0 Å². The third kappa shape index (κ3) is 4.38. The number of nitrogens with zero attached hydrogens (tertiary/aromatic N) is 3. The molecule has 0 aliphatic rings. The lowest BCUT2D eigenvalue weighted by molar-refractivity contribution is -0.155. The number of halogens is 3. The highest BCUT2D eigenvalue weighted by Crippen LogP contribution is 2.32. The molecule has 0 saturated carbocycles. The van der Waals surface area contributed by atoms with Crippen molar-refractivity contribution in [1.82, 2.24) is 20.3 Å². The second kappa shape index (κ2) is 7.03. The van der Waals surface area contributed by atoms with Gasteiger partial charge < -0.3 is 10.6 Å². The molecule has 0 fully saturated rings. The molecule has 1 amide bonds. The highest BCUT2D eigenvalue weighted by molar-refractivity contribution is 5.94. The van der Waals surface area contributed by atoms with E-state index < -0.39 is 18.1 Å². The van der Waals surface area contributed by atoms with Gasteiger partial charge in [0.15, 0.2) is 6.04 Å². The molecule has 2 aromatic heterocycles. The number of alkyl halides is 3. The minimum absolute atomic E-state index is 0.0650. The van der Waals surface area contributed by atoms with Crippen LogP contribution in [0, 0.1) is 0 Å². The predicted octanol–water partition coefficient (Wildman–Crippen LogP) is 2.34. The van der Waals surface area contributed by atoms with Crippen molar-refractivity contribution >= 4 is 11.9 Å². The Hall–Kier alpha value is -2.71. The van der Waals surface area contributed by atoms with Crippen molar-refractivity contribution in [3.8, 4) is 0 Å². The van der Waals surface area contributed by atoms with Crippen LogP contribution in [0.3, 0.4) is 0 Å². The molecular formula is C14H14F3N5O. The monoisotopic (exact) mass is 325 g/mol. The molecule has 122 valence electrons. The summed E-state index contributed by atoms with van der Waals surface area (Å²) in [5.41, 5.74) is -0.219. The lowest BCUT2D eigenvalue weighted by Gasteiger charge is -2.21. The van der Waals surface area contributed by atoms with Gasteiger partial charge in [0, 0.05) is 36.9 Å². The molecule has 0 aliphatic carbocycles. The molecule has 9 heteroatoms. The molecule has 0 saturated heterocycles. The van der Waals surface area contributed by atoms with E-state index in [2.05, 4.69) is 20.3 Å². The van der Waals surface area contributed by atoms with Gasteiger partial charge in [-0.3, -0.25) is 9.78 Å². The van der Waals surface area contributed by atoms with Gasteiger partial charge in [-0.05, 0) is 13.0 Å². The summed E-state index contributed by atoms with van der Waals surface area (Å²) >= 11 is 0. The van der Waals surface area contributed by atoms with E-state index in [1.54, 1.807) is 0 Å². The van der Waals surface area contributed by atoms with E-state index in [0.717, 1.165) is 18.6 Å². The Kier molecular flexibility index (Phi) is 5.09. The lowest BCUT2D eigenvalue weighted by atomic mass is 10.1. The van der Waals surface area contributed by atoms with Crippen LogP contribution in [0.5, 0.6) is 0 Å². The van der Waals surface area contributed by atoms with E-state index in [1.165, 1.54) is 18.3 Å². The highest BCUT2D eigenvalue weighted by atomic mass is 19.4. The van der Waals surface area contributed by atoms with Crippen molar-refractivity contribution in [3.63, 3.8) is 0 Å². The minimum atomic E-state index is -4.65. The highest BCUT2D eigenvalue weighted by Gasteiger charge is 2.42. The zero-order valence-corrected chi connectivity index (χ0v) is 12.1. The number of nitrogens with one attached hydrogen (secondary N) is 2. The second-order valence-electron chi connectivity index (χ2n) is 4.56. The van der Waals surface area contributed by atoms with E-state index in [1.807, 2.05) is 12.2 Å². The van der Waals surface area contributed by atoms with Gasteiger partial charge in [-0.1, -0.05) is 6.07 Å². The van der Waals surface area contributed by atoms with E-state index in [0.29, 0.717) is 12.5 Å². The molecule has 2 aromatic rings. The van der Waals surface area contributed by atoms with E-state index in [4.69, 9.17) is 0 Å². The first-order valence-corrected chi connectivity index (χ1v) is 6.75. The zero-order chi connectivity index (χ0) is 16.9. The van der Waals surface area contributed by atoms with E-state index >= 15 is 0 Å². The Balaban J connectivity index is 2.18. The third-order valence-corrected chi connectivity index (χ3v) is 2.87. The number of amides is 1. The number of hydrogen-bond donors (Lipinski definition) is 2. The summed E-state index contributed by atoms with van der Waals surface area (Å²) in [5.74, 6) is -0.622. The molecule has 0 radical (unpaired) electrons. The maximum absolute atomic E-state index is 13.2. The summed E-state index contributed by atoms with van der Waals surface area (Å²) in [5, 5.41) is 4.76. The SMILES string of the molecule is CCNc1ncc(C(=O)N[C@@H](c2cccnc2)C(F)(F)F)cn1. The standard InChI is InChI=1S/C14H14F3N5O/c1-2-19-13-20-7-10(8-21-13)12(23)22-11(14(15,16)17)9-4-3-5-18-6-9/h3-8,11H,2H2,1H3,(H,22,23)(H,19,20,21)/t11-/m0/s1. The fourth-order valence-electron chi connectivity index (χ4n) is 1.81. The molecule has 0 aromatic carbocycles. The predicted molar refractivity (Wildman–Crippen MR) is 76.7 cm³/mol. The fraction of sp³-hybridized carbons (Fsp3) is 0.286. The molecule has 0 spiro atoms. The number of carbonyl (C=O) groups is 1. The van der Waals surface area contributed by atoms with Crippen molar-refractivity contribution in [2.45, 2.75) is 19.1 Å². The first-order valence-electron chi connectivity index (χ1n) is 6.75. The average molecular weight is 325 g/mol. The second-order valence-corrected chi connectivity index (χ2v) is 4.56. The molecule has 2 heterocycles. The summed E-state index contributed by atoms with van der Waals surface area (Å²) in [7, 11) is 0. The number of carbonyl (C=O) groups excluding carboxylic acids is 1. The zero-order valence-electron chi connectivity index (χ0n) is 12.1. The minimum Gasteiger partial charge on any atom is -0.355 e. The molecular weight excluding hydrogens is 311 g/mol. The van der Waals surface area contributed by atoms with Crippen molar-refractivity contribution in [2.24, 2.45) is 0 Å². The molecule has 1 atom stereocenters. The third-order valence-electron chi connectivity index (χ3n) is 2.87. The van der Waals surface area contributed by atoms with Crippen LogP contribution in [0.2, 0.25) is 0 Å². The van der Waals surface area contributed by atoms with Crippen molar-refractivity contribution in [3.05, 3.63) is 48.0 Å². The van der Waals surface area contributed by atoms with Crippen molar-refractivity contribution in [1.29, 1.82) is 0 Å². The smallest absolute Gasteiger partial charge is 0.355 e. The van der Waals surface area contributed by atoms with Gasteiger partial charge in [0.25, 0.3) is 5.91 Å². The summed E-state index contributed by atoms with van der Waals surface area (Å²) in [4.78, 5) is 23.4. The van der Waals surface area contributed by atoms with Gasteiger partial charge in [-0.15, -0.1) is 0 Å². The average Bonchev–Trinajstić information content (AvgIpc) is 2.53. The Morgan fingerprint density at radius 1 is 1.26 bits per heavy atom. The summed E-state index contributed by atoms with van der Waals surface area (Å²) in [6, 6.07) is 0.460. The van der Waals surface area contributed by atoms with Gasteiger partial charge >= 0.3 is 6.18 Å². The van der Waals surface area contributed by atoms with Crippen LogP contribution >= 0.6 is 0 Å². The first kappa shape index (κ1) is 16.7. The molecule has 2 rings (SSSR count). The van der Waals surface area contributed by atoms with Gasteiger partial charge in [0.05, 0.1) is 5.56 Å². The number of rotatable bonds is 5. The summed E-state index contributed by atoms with van der Waals surface area (Å²) in [6.45, 7) is 2.43. The van der Waals surface area contributed by atoms with Gasteiger partial charge in [0.1, 0.15) is 0 Å². The van der Waals surface area contributed by atoms with Gasteiger partial charge in [-0.25, -0.2) is 9.97 Å². The van der Waals surface area contributed by atoms with Crippen molar-refractivity contribution in [2.75, 3.05) is 11.9 Å². The molecule has 0 aliphatic heterocycles. The van der Waals surface area contributed by atoms with Gasteiger partial charge in [0.2, 0.25) is 5.95 Å². The van der Waals surface area contributed by atoms with Crippen LogP contribution < -0.4 is 10.6 Å². The largest absolute Gasteiger partial charge is 0.412 e. The molecule has 0 unspecified atom stereocenters. The quantitative estimate of drug-likeness (QED) is 0.882. The van der Waals surface area contributed by atoms with Crippen LogP contribution in [0.15, 0.2) is 36.9 Å². The van der Waals surface area contributed by atoms with Gasteiger partial charge in [-0.2, -0.15) is 13.2 Å². The summed E-state index contributed by atoms with van der Waals surface area (Å²) in [6.07, 6.45) is 0.0898. The number of pyridine rings is 1. The molecule has 0 bridgehead atoms. The number of hydrogen-bond acceptors (Lipinski definition) is 5. The summed E-state index contributed by atoms with van der Waals surface area (Å²) < 4.78 is 39.5. The van der Waals surface area contributed by atoms with Crippen LogP contribution in [0.25, 0.3) is 0 Å². The molecule has 23 heavy (non-hydrogen) atoms. The van der Waals surface area contributed by atoms with Crippen LogP contribution in [0.1, 0.15) is 28.9 Å². The number of anilines is 1. The topological polar surface area (TPSA) is 79.8 Å². The lowest BCUT2D eigenvalue weighted by Crippen LogP contribution is -2.38. The Labute approximate surface area is 130 Å². The Morgan fingerprint density at radius 3 is 2.48 bits per heavy atom. The maximum Gasteiger partial charge on any atom is 0.412 e.